The highest BCUT2D eigenvalue weighted by Crippen LogP contribution is 2.17. The number of carbonyl (C=O) groups excluding carboxylic acids is 1. The summed E-state index contributed by atoms with van der Waals surface area (Å²) in [4.78, 5) is 13.2. The lowest BCUT2D eigenvalue weighted by atomic mass is 9.91. The first kappa shape index (κ1) is 10.8. The second-order valence-corrected chi connectivity index (χ2v) is 5.10. The monoisotopic (exact) mass is 223 g/mol. The van der Waals surface area contributed by atoms with Crippen molar-refractivity contribution in [3.8, 4) is 0 Å². The summed E-state index contributed by atoms with van der Waals surface area (Å²) in [6, 6.07) is 4.16. The van der Waals surface area contributed by atoms with Gasteiger partial charge >= 0.3 is 0 Å². The van der Waals surface area contributed by atoms with Crippen LogP contribution in [0.2, 0.25) is 0 Å². The van der Waals surface area contributed by atoms with Crippen molar-refractivity contribution in [3.63, 3.8) is 0 Å². The molecule has 1 fully saturated rings. The largest absolute Gasteiger partial charge is 0.317 e. The number of hydrogen-bond acceptors (Lipinski definition) is 3. The molecular weight excluding hydrogens is 206 g/mol. The molecule has 0 saturated carbocycles. The summed E-state index contributed by atoms with van der Waals surface area (Å²) >= 11 is 1.75. The van der Waals surface area contributed by atoms with Crippen molar-refractivity contribution in [1.29, 1.82) is 0 Å². The average molecular weight is 223 g/mol. The summed E-state index contributed by atoms with van der Waals surface area (Å²) in [7, 11) is 0. The maximum Gasteiger partial charge on any atom is 0.136 e. The van der Waals surface area contributed by atoms with E-state index in [9.17, 15) is 4.79 Å². The van der Waals surface area contributed by atoms with Crippen molar-refractivity contribution in [1.82, 2.24) is 5.32 Å². The van der Waals surface area contributed by atoms with E-state index in [0.717, 1.165) is 38.8 Å². The third-order valence-electron chi connectivity index (χ3n) is 2.99. The molecule has 15 heavy (non-hydrogen) atoms. The highest BCUT2D eigenvalue weighted by molar-refractivity contribution is 7.09. The zero-order valence-corrected chi connectivity index (χ0v) is 9.69. The molecular formula is C12H17NOS. The number of carbonyl (C=O) groups is 1. The minimum absolute atomic E-state index is 0.325. The Bertz CT molecular complexity index is 301. The second kappa shape index (κ2) is 5.42. The Hall–Kier alpha value is -0.670. The van der Waals surface area contributed by atoms with Crippen molar-refractivity contribution < 1.29 is 4.79 Å². The van der Waals surface area contributed by atoms with Gasteiger partial charge in [-0.05, 0) is 43.8 Å². The van der Waals surface area contributed by atoms with Gasteiger partial charge in [0.15, 0.2) is 0 Å². The molecule has 0 atom stereocenters. The normalized spacial score (nSPS) is 17.9. The van der Waals surface area contributed by atoms with Crippen LogP contribution in [-0.4, -0.2) is 18.9 Å². The van der Waals surface area contributed by atoms with Crippen molar-refractivity contribution in [2.24, 2.45) is 5.92 Å². The van der Waals surface area contributed by atoms with Crippen LogP contribution in [0.5, 0.6) is 0 Å². The van der Waals surface area contributed by atoms with E-state index in [0.29, 0.717) is 11.7 Å². The Balaban J connectivity index is 1.76. The van der Waals surface area contributed by atoms with Gasteiger partial charge in [-0.2, -0.15) is 0 Å². The molecule has 0 spiro atoms. The number of rotatable bonds is 4. The zero-order valence-electron chi connectivity index (χ0n) is 8.87. The van der Waals surface area contributed by atoms with Crippen molar-refractivity contribution >= 4 is 17.1 Å². The third-order valence-corrected chi connectivity index (χ3v) is 3.93. The first-order valence-corrected chi connectivity index (χ1v) is 6.50. The van der Waals surface area contributed by atoms with Gasteiger partial charge in [-0.1, -0.05) is 6.07 Å². The molecule has 1 aliphatic heterocycles. The highest BCUT2D eigenvalue weighted by atomic mass is 32.1. The third kappa shape index (κ3) is 3.14. The number of thiophene rings is 1. The smallest absolute Gasteiger partial charge is 0.136 e. The summed E-state index contributed by atoms with van der Waals surface area (Å²) in [5.74, 6) is 0.788. The van der Waals surface area contributed by atoms with E-state index in [2.05, 4.69) is 22.8 Å². The van der Waals surface area contributed by atoms with Gasteiger partial charge in [-0.25, -0.2) is 0 Å². The van der Waals surface area contributed by atoms with Gasteiger partial charge in [-0.3, -0.25) is 4.79 Å². The summed E-state index contributed by atoms with van der Waals surface area (Å²) in [6.45, 7) is 2.02. The van der Waals surface area contributed by atoms with Gasteiger partial charge in [-0.15, -0.1) is 11.3 Å². The number of nitrogens with one attached hydrogen (secondary N) is 1. The van der Waals surface area contributed by atoms with Crippen LogP contribution in [0.1, 0.15) is 24.1 Å². The first-order chi connectivity index (χ1) is 7.36. The van der Waals surface area contributed by atoms with Crippen molar-refractivity contribution in [2.75, 3.05) is 13.1 Å². The van der Waals surface area contributed by atoms with Crippen LogP contribution in [-0.2, 0) is 11.2 Å². The maximum atomic E-state index is 11.9. The molecule has 0 aliphatic carbocycles. The number of ketones is 1. The highest BCUT2D eigenvalue weighted by Gasteiger charge is 2.20. The van der Waals surface area contributed by atoms with Crippen LogP contribution in [0.25, 0.3) is 0 Å². The van der Waals surface area contributed by atoms with Crippen LogP contribution in [0, 0.1) is 5.92 Å². The number of hydrogen-bond donors (Lipinski definition) is 1. The van der Waals surface area contributed by atoms with Crippen LogP contribution >= 0.6 is 11.3 Å². The lowest BCUT2D eigenvalue weighted by Crippen LogP contribution is -2.31. The van der Waals surface area contributed by atoms with Gasteiger partial charge in [0.25, 0.3) is 0 Å². The van der Waals surface area contributed by atoms with E-state index >= 15 is 0 Å². The average Bonchev–Trinajstić information content (AvgIpc) is 2.80. The van der Waals surface area contributed by atoms with E-state index in [-0.39, 0.29) is 0 Å². The second-order valence-electron chi connectivity index (χ2n) is 4.07. The predicted molar refractivity (Wildman–Crippen MR) is 63.2 cm³/mol. The van der Waals surface area contributed by atoms with Crippen LogP contribution in [0.3, 0.4) is 0 Å². The van der Waals surface area contributed by atoms with Crippen LogP contribution < -0.4 is 5.32 Å². The molecule has 2 rings (SSSR count). The van der Waals surface area contributed by atoms with Gasteiger partial charge in [0.05, 0.1) is 0 Å². The molecule has 3 heteroatoms. The summed E-state index contributed by atoms with van der Waals surface area (Å²) < 4.78 is 0. The van der Waals surface area contributed by atoms with E-state index in [1.807, 2.05) is 0 Å². The molecule has 0 aromatic carbocycles. The van der Waals surface area contributed by atoms with Gasteiger partial charge in [0.1, 0.15) is 5.78 Å². The Labute approximate surface area is 94.7 Å². The van der Waals surface area contributed by atoms with E-state index in [1.165, 1.54) is 4.88 Å². The van der Waals surface area contributed by atoms with E-state index < -0.39 is 0 Å². The molecule has 2 nitrogen and oxygen atoms in total. The van der Waals surface area contributed by atoms with E-state index in [4.69, 9.17) is 0 Å². The zero-order chi connectivity index (χ0) is 10.5. The predicted octanol–water partition coefficient (Wildman–Crippen LogP) is 2.25. The molecule has 0 radical (unpaired) electrons. The number of piperidine rings is 1. The minimum atomic E-state index is 0.325. The number of aryl methyl sites for hydroxylation is 1. The van der Waals surface area contributed by atoms with Crippen LogP contribution in [0.4, 0.5) is 0 Å². The minimum Gasteiger partial charge on any atom is -0.317 e. The lowest BCUT2D eigenvalue weighted by Gasteiger charge is -2.21. The fourth-order valence-corrected chi connectivity index (χ4v) is 2.76. The van der Waals surface area contributed by atoms with Gasteiger partial charge in [0, 0.05) is 17.2 Å². The molecule has 1 aliphatic rings. The molecule has 0 amide bonds. The Morgan fingerprint density at radius 3 is 2.93 bits per heavy atom. The molecule has 1 N–H and O–H groups in total. The van der Waals surface area contributed by atoms with E-state index in [1.54, 1.807) is 11.3 Å². The van der Waals surface area contributed by atoms with Crippen LogP contribution in [0.15, 0.2) is 17.5 Å². The fourth-order valence-electron chi connectivity index (χ4n) is 2.05. The SMILES string of the molecule is O=C(CCc1cccs1)C1CCNCC1. The fraction of sp³-hybridized carbons (Fsp3) is 0.583. The lowest BCUT2D eigenvalue weighted by molar-refractivity contribution is -0.123. The maximum absolute atomic E-state index is 11.9. The quantitative estimate of drug-likeness (QED) is 0.848. The molecule has 82 valence electrons. The first-order valence-electron chi connectivity index (χ1n) is 5.62. The molecule has 1 aromatic heterocycles. The Kier molecular flexibility index (Phi) is 3.92. The molecule has 1 aromatic rings. The molecule has 0 bridgehead atoms. The summed E-state index contributed by atoms with van der Waals surface area (Å²) in [5.41, 5.74) is 0. The van der Waals surface area contributed by atoms with Gasteiger partial charge in [0.2, 0.25) is 0 Å². The molecule has 1 saturated heterocycles. The standard InChI is InChI=1S/C12H17NOS/c14-12(10-5-7-13-8-6-10)4-3-11-2-1-9-15-11/h1-2,9-10,13H,3-8H2. The molecule has 0 unspecified atom stereocenters. The number of Topliss-reactive ketones (excluding diaryl/α,β-unsaturated/α-hetero) is 1. The van der Waals surface area contributed by atoms with Crippen molar-refractivity contribution in [3.05, 3.63) is 22.4 Å². The topological polar surface area (TPSA) is 29.1 Å². The Morgan fingerprint density at radius 1 is 1.47 bits per heavy atom. The summed E-state index contributed by atoms with van der Waals surface area (Å²) in [5, 5.41) is 5.36. The Morgan fingerprint density at radius 2 is 2.27 bits per heavy atom. The summed E-state index contributed by atoms with van der Waals surface area (Å²) in [6.07, 6.45) is 3.72. The van der Waals surface area contributed by atoms with Crippen molar-refractivity contribution in [2.45, 2.75) is 25.7 Å². The molecule has 2 heterocycles. The van der Waals surface area contributed by atoms with Gasteiger partial charge < -0.3 is 5.32 Å².